The molecular weight excluding hydrogens is 274 g/mol. The standard InChI is InChI=1S/C19H33NO2/c1-6-17(13-21)20-14-19(4,5)10-7-11-22-18-12-15(2)8-9-16(18)3/h8-9,12,17,20-21H,6-7,10-11,13-14H2,1-5H3. The molecule has 0 saturated carbocycles. The van der Waals surface area contributed by atoms with Gasteiger partial charge in [-0.1, -0.05) is 32.9 Å². The van der Waals surface area contributed by atoms with E-state index in [9.17, 15) is 5.11 Å². The number of aryl methyl sites for hydroxylation is 2. The first-order valence-electron chi connectivity index (χ1n) is 8.42. The summed E-state index contributed by atoms with van der Waals surface area (Å²) in [6.07, 6.45) is 3.10. The summed E-state index contributed by atoms with van der Waals surface area (Å²) in [7, 11) is 0. The van der Waals surface area contributed by atoms with Crippen molar-refractivity contribution in [2.24, 2.45) is 5.41 Å². The molecule has 1 unspecified atom stereocenters. The van der Waals surface area contributed by atoms with Crippen LogP contribution in [0.25, 0.3) is 0 Å². The molecule has 22 heavy (non-hydrogen) atoms. The van der Waals surface area contributed by atoms with E-state index in [0.717, 1.165) is 38.2 Å². The monoisotopic (exact) mass is 307 g/mol. The highest BCUT2D eigenvalue weighted by Gasteiger charge is 2.18. The lowest BCUT2D eigenvalue weighted by Crippen LogP contribution is -2.38. The second kappa shape index (κ2) is 9.16. The van der Waals surface area contributed by atoms with E-state index in [1.807, 2.05) is 0 Å². The zero-order valence-electron chi connectivity index (χ0n) is 14.9. The van der Waals surface area contributed by atoms with Crippen LogP contribution in [-0.4, -0.2) is 30.9 Å². The van der Waals surface area contributed by atoms with Gasteiger partial charge in [0.15, 0.2) is 0 Å². The summed E-state index contributed by atoms with van der Waals surface area (Å²) in [5.41, 5.74) is 2.65. The Labute approximate surface area is 136 Å². The van der Waals surface area contributed by atoms with Crippen LogP contribution in [0.2, 0.25) is 0 Å². The molecule has 1 atom stereocenters. The van der Waals surface area contributed by atoms with Crippen LogP contribution in [0, 0.1) is 19.3 Å². The summed E-state index contributed by atoms with van der Waals surface area (Å²) in [6, 6.07) is 6.54. The molecule has 1 aromatic carbocycles. The Bertz CT molecular complexity index is 439. The van der Waals surface area contributed by atoms with Crippen molar-refractivity contribution >= 4 is 0 Å². The Morgan fingerprint density at radius 1 is 1.27 bits per heavy atom. The van der Waals surface area contributed by atoms with Crippen LogP contribution in [0.5, 0.6) is 5.75 Å². The molecule has 3 nitrogen and oxygen atoms in total. The van der Waals surface area contributed by atoms with E-state index < -0.39 is 0 Å². The summed E-state index contributed by atoms with van der Waals surface area (Å²) in [5, 5.41) is 12.7. The van der Waals surface area contributed by atoms with Gasteiger partial charge >= 0.3 is 0 Å². The molecule has 0 spiro atoms. The van der Waals surface area contributed by atoms with Gasteiger partial charge in [0.25, 0.3) is 0 Å². The van der Waals surface area contributed by atoms with Gasteiger partial charge in [-0.25, -0.2) is 0 Å². The van der Waals surface area contributed by atoms with E-state index >= 15 is 0 Å². The molecule has 0 radical (unpaired) electrons. The van der Waals surface area contributed by atoms with Gasteiger partial charge in [-0.3, -0.25) is 0 Å². The van der Waals surface area contributed by atoms with Crippen molar-refractivity contribution in [2.75, 3.05) is 19.8 Å². The Hall–Kier alpha value is -1.06. The van der Waals surface area contributed by atoms with Crippen LogP contribution in [0.3, 0.4) is 0 Å². The van der Waals surface area contributed by atoms with Crippen molar-refractivity contribution < 1.29 is 9.84 Å². The largest absolute Gasteiger partial charge is 0.493 e. The number of benzene rings is 1. The van der Waals surface area contributed by atoms with Crippen LogP contribution in [-0.2, 0) is 0 Å². The van der Waals surface area contributed by atoms with Gasteiger partial charge in [0, 0.05) is 12.6 Å². The van der Waals surface area contributed by atoms with Crippen molar-refractivity contribution in [1.82, 2.24) is 5.32 Å². The van der Waals surface area contributed by atoms with E-state index in [1.54, 1.807) is 0 Å². The molecule has 3 heteroatoms. The highest BCUT2D eigenvalue weighted by molar-refractivity contribution is 5.35. The first-order chi connectivity index (χ1) is 10.4. The summed E-state index contributed by atoms with van der Waals surface area (Å²) in [6.45, 7) is 12.7. The van der Waals surface area contributed by atoms with E-state index in [2.05, 4.69) is 58.1 Å². The highest BCUT2D eigenvalue weighted by Crippen LogP contribution is 2.23. The quantitative estimate of drug-likeness (QED) is 0.645. The van der Waals surface area contributed by atoms with Gasteiger partial charge < -0.3 is 15.2 Å². The van der Waals surface area contributed by atoms with Crippen molar-refractivity contribution in [2.45, 2.75) is 59.9 Å². The molecule has 0 fully saturated rings. The number of hydrogen-bond donors (Lipinski definition) is 2. The fraction of sp³-hybridized carbons (Fsp3) is 0.684. The molecule has 0 bridgehead atoms. The van der Waals surface area contributed by atoms with Gasteiger partial charge in [0.05, 0.1) is 13.2 Å². The summed E-state index contributed by atoms with van der Waals surface area (Å²) < 4.78 is 5.92. The average molecular weight is 307 g/mol. The minimum Gasteiger partial charge on any atom is -0.493 e. The molecule has 0 aliphatic carbocycles. The van der Waals surface area contributed by atoms with E-state index in [0.29, 0.717) is 0 Å². The Balaban J connectivity index is 2.31. The fourth-order valence-electron chi connectivity index (χ4n) is 2.44. The third-order valence-electron chi connectivity index (χ3n) is 4.18. The SMILES string of the molecule is CCC(CO)NCC(C)(C)CCCOc1cc(C)ccc1C. The normalized spacial score (nSPS) is 13.2. The maximum absolute atomic E-state index is 9.23. The molecule has 1 aromatic rings. The maximum Gasteiger partial charge on any atom is 0.122 e. The number of hydrogen-bond acceptors (Lipinski definition) is 3. The molecule has 1 rings (SSSR count). The second-order valence-electron chi connectivity index (χ2n) is 7.05. The molecule has 0 aromatic heterocycles. The van der Waals surface area contributed by atoms with Gasteiger partial charge in [-0.05, 0) is 55.7 Å². The van der Waals surface area contributed by atoms with E-state index in [1.165, 1.54) is 11.1 Å². The van der Waals surface area contributed by atoms with Gasteiger partial charge in [0.1, 0.15) is 5.75 Å². The summed E-state index contributed by atoms with van der Waals surface area (Å²) >= 11 is 0. The summed E-state index contributed by atoms with van der Waals surface area (Å²) in [4.78, 5) is 0. The molecular formula is C19H33NO2. The van der Waals surface area contributed by atoms with E-state index in [4.69, 9.17) is 4.74 Å². The first kappa shape index (κ1) is 19.0. The lowest BCUT2D eigenvalue weighted by Gasteiger charge is -2.27. The van der Waals surface area contributed by atoms with Crippen LogP contribution in [0.4, 0.5) is 0 Å². The van der Waals surface area contributed by atoms with Crippen molar-refractivity contribution in [3.8, 4) is 5.75 Å². The number of aliphatic hydroxyl groups excluding tert-OH is 1. The Morgan fingerprint density at radius 2 is 2.00 bits per heavy atom. The number of rotatable bonds is 10. The Kier molecular flexibility index (Phi) is 7.91. The third-order valence-corrected chi connectivity index (χ3v) is 4.18. The Morgan fingerprint density at radius 3 is 2.64 bits per heavy atom. The minimum atomic E-state index is 0.211. The second-order valence-corrected chi connectivity index (χ2v) is 7.05. The first-order valence-corrected chi connectivity index (χ1v) is 8.42. The van der Waals surface area contributed by atoms with Gasteiger partial charge in [-0.15, -0.1) is 0 Å². The van der Waals surface area contributed by atoms with Crippen LogP contribution >= 0.6 is 0 Å². The molecule has 126 valence electrons. The fourth-order valence-corrected chi connectivity index (χ4v) is 2.44. The maximum atomic E-state index is 9.23. The van der Waals surface area contributed by atoms with Gasteiger partial charge in [-0.2, -0.15) is 0 Å². The summed E-state index contributed by atoms with van der Waals surface area (Å²) in [5.74, 6) is 1.00. The smallest absolute Gasteiger partial charge is 0.122 e. The molecule has 0 amide bonds. The zero-order valence-corrected chi connectivity index (χ0v) is 14.9. The van der Waals surface area contributed by atoms with Crippen LogP contribution < -0.4 is 10.1 Å². The molecule has 0 saturated heterocycles. The molecule has 0 aliphatic rings. The van der Waals surface area contributed by atoms with Crippen molar-refractivity contribution in [1.29, 1.82) is 0 Å². The van der Waals surface area contributed by atoms with Crippen LogP contribution in [0.15, 0.2) is 18.2 Å². The molecule has 2 N–H and O–H groups in total. The molecule has 0 aliphatic heterocycles. The predicted octanol–water partition coefficient (Wildman–Crippen LogP) is 3.85. The zero-order chi connectivity index (χ0) is 16.6. The third kappa shape index (κ3) is 6.80. The lowest BCUT2D eigenvalue weighted by molar-refractivity contribution is 0.206. The van der Waals surface area contributed by atoms with Crippen molar-refractivity contribution in [3.05, 3.63) is 29.3 Å². The topological polar surface area (TPSA) is 41.5 Å². The number of aliphatic hydroxyl groups is 1. The van der Waals surface area contributed by atoms with Crippen molar-refractivity contribution in [3.63, 3.8) is 0 Å². The number of ether oxygens (including phenoxy) is 1. The highest BCUT2D eigenvalue weighted by atomic mass is 16.5. The average Bonchev–Trinajstić information content (AvgIpc) is 2.48. The minimum absolute atomic E-state index is 0.211. The van der Waals surface area contributed by atoms with E-state index in [-0.39, 0.29) is 18.1 Å². The molecule has 0 heterocycles. The predicted molar refractivity (Wildman–Crippen MR) is 93.6 cm³/mol. The van der Waals surface area contributed by atoms with Gasteiger partial charge in [0.2, 0.25) is 0 Å². The van der Waals surface area contributed by atoms with Crippen LogP contribution in [0.1, 0.15) is 51.2 Å². The lowest BCUT2D eigenvalue weighted by atomic mass is 9.87. The number of nitrogens with one attached hydrogen (secondary N) is 1.